The van der Waals surface area contributed by atoms with Gasteiger partial charge in [-0.2, -0.15) is 0 Å². The number of nitrogens with zero attached hydrogens (tertiary/aromatic N) is 4. The van der Waals surface area contributed by atoms with Gasteiger partial charge in [0.2, 0.25) is 17.7 Å². The highest BCUT2D eigenvalue weighted by Crippen LogP contribution is 2.57. The number of unbranched alkanes of at least 4 members (excludes halogenated alkanes) is 5. The van der Waals surface area contributed by atoms with Crippen LogP contribution in [-0.2, 0) is 47.2 Å². The van der Waals surface area contributed by atoms with E-state index >= 15 is 0 Å². The zero-order chi connectivity index (χ0) is 60.7. The van der Waals surface area contributed by atoms with Gasteiger partial charge in [-0.15, -0.1) is 0 Å². The minimum atomic E-state index is -1.32. The number of nitrogens with one attached hydrogen (secondary N) is 4. The minimum absolute atomic E-state index is 0.0363. The van der Waals surface area contributed by atoms with Crippen molar-refractivity contribution in [1.29, 1.82) is 0 Å². The number of aryl methyl sites for hydroxylation is 1. The fourth-order valence-corrected chi connectivity index (χ4v) is 11.8. The number of aromatic nitrogens is 1. The topological polar surface area (TPSA) is 202 Å². The Balaban J connectivity index is 0.594. The number of ether oxygens (including phenoxy) is 4. The second kappa shape index (κ2) is 29.2. The number of benzene rings is 5. The number of amides is 5. The largest absolute Gasteiger partial charge is 0.456 e. The zero-order valence-electron chi connectivity index (χ0n) is 50.8. The predicted octanol–water partition coefficient (Wildman–Crippen LogP) is 9.67. The van der Waals surface area contributed by atoms with Crippen LogP contribution in [0.1, 0.15) is 138 Å². The van der Waals surface area contributed by atoms with Crippen molar-refractivity contribution in [3.05, 3.63) is 148 Å². The summed E-state index contributed by atoms with van der Waals surface area (Å²) in [6, 6.07) is 34.2. The van der Waals surface area contributed by atoms with Crippen molar-refractivity contribution >= 4 is 63.5 Å². The van der Waals surface area contributed by atoms with Crippen LogP contribution in [0.2, 0.25) is 0 Å². The van der Waals surface area contributed by atoms with Crippen LogP contribution in [0.25, 0.3) is 10.9 Å². The average molecular weight is 1170 g/mol. The van der Waals surface area contributed by atoms with E-state index in [1.54, 1.807) is 23.1 Å². The molecule has 1 saturated carbocycles. The first-order chi connectivity index (χ1) is 41.7. The lowest BCUT2D eigenvalue weighted by Gasteiger charge is -2.37. The van der Waals surface area contributed by atoms with E-state index in [-0.39, 0.29) is 74.2 Å². The Bertz CT molecular complexity index is 3330. The Morgan fingerprint density at radius 1 is 0.628 bits per heavy atom. The highest BCUT2D eigenvalue weighted by atomic mass is 16.6. The SMILES string of the molecule is CCc1cccc(N(CC)C(=O)Cn2c(C(=O)N[C@H]3CC[C@H](C(=O)NCCCCCCCCNC(=O)CCOCCOCCNC(=O)c4ccc5c(c4)C4(OC5=O)c5ccc(N(C)C)cc5Oc5cc(N(C)C)ccc54)CC3)cc3ccccc32)c1. The molecule has 9 rings (SSSR count). The maximum absolute atomic E-state index is 13.9. The van der Waals surface area contributed by atoms with Crippen LogP contribution in [-0.4, -0.2) is 127 Å². The predicted molar refractivity (Wildman–Crippen MR) is 335 cm³/mol. The van der Waals surface area contributed by atoms with Crippen molar-refractivity contribution in [2.75, 3.05) is 95.5 Å². The first kappa shape index (κ1) is 62.3. The molecule has 4 N–H and O–H groups in total. The van der Waals surface area contributed by atoms with E-state index in [4.69, 9.17) is 18.9 Å². The van der Waals surface area contributed by atoms with E-state index in [1.165, 1.54) is 0 Å². The quantitative estimate of drug-likeness (QED) is 0.0256. The lowest BCUT2D eigenvalue weighted by molar-refractivity contribution is -0.126. The number of para-hydroxylation sites is 1. The van der Waals surface area contributed by atoms with Crippen molar-refractivity contribution in [2.24, 2.45) is 5.92 Å². The molecule has 2 aliphatic heterocycles. The van der Waals surface area contributed by atoms with Gasteiger partial charge in [-0.25, -0.2) is 4.79 Å². The second-order valence-corrected chi connectivity index (χ2v) is 22.9. The van der Waals surface area contributed by atoms with Crippen molar-refractivity contribution in [2.45, 2.75) is 109 Å². The molecule has 1 aliphatic carbocycles. The van der Waals surface area contributed by atoms with Gasteiger partial charge in [0.25, 0.3) is 11.8 Å². The van der Waals surface area contributed by atoms with E-state index < -0.39 is 11.6 Å². The van der Waals surface area contributed by atoms with Crippen LogP contribution in [0.5, 0.6) is 11.5 Å². The smallest absolute Gasteiger partial charge is 0.340 e. The number of hydrogen-bond acceptors (Lipinski definition) is 12. The Morgan fingerprint density at radius 2 is 1.29 bits per heavy atom. The molecule has 6 aromatic rings. The number of carbonyl (C=O) groups is 6. The average Bonchev–Trinajstić information content (AvgIpc) is 1.51. The lowest BCUT2D eigenvalue weighted by Crippen LogP contribution is -2.42. The normalized spacial score (nSPS) is 15.4. The number of hydrogen-bond donors (Lipinski definition) is 4. The summed E-state index contributed by atoms with van der Waals surface area (Å²) in [5.74, 6) is -0.0287. The van der Waals surface area contributed by atoms with Gasteiger partial charge >= 0.3 is 5.97 Å². The van der Waals surface area contributed by atoms with Crippen LogP contribution in [0.15, 0.2) is 109 Å². The van der Waals surface area contributed by atoms with Crippen LogP contribution in [0.3, 0.4) is 0 Å². The molecule has 1 aromatic heterocycles. The summed E-state index contributed by atoms with van der Waals surface area (Å²) < 4.78 is 26.0. The number of fused-ring (bicyclic) bond motifs is 7. The molecule has 3 heterocycles. The summed E-state index contributed by atoms with van der Waals surface area (Å²) >= 11 is 0. The molecule has 86 heavy (non-hydrogen) atoms. The van der Waals surface area contributed by atoms with Gasteiger partial charge in [0, 0.05) is 135 Å². The highest BCUT2D eigenvalue weighted by Gasteiger charge is 2.54. The standard InChI is InChI=1S/C68H84N8O10/c1-7-46-18-17-20-53(40-46)75(8-2)63(78)45-76-58-21-14-13-19-48(58)42-59(76)66(81)72-50-25-22-47(23-26-50)64(79)70-34-16-12-10-9-11-15-33-69-62(77)32-36-83-38-39-84-37-35-71-65(80)49-24-29-54-57(41-49)68(86-67(54)82)55-30-27-51(73(3)4)43-60(55)85-61-44-52(74(5)6)28-31-56(61)68/h13-14,17-21,24,27-31,40-44,47,50H,7-12,15-16,22-23,25-26,32-39,45H2,1-6H3,(H,69,77)(H,70,79)(H,71,80)(H,72,81)/t47-,50-. The Morgan fingerprint density at radius 3 is 1.97 bits per heavy atom. The van der Waals surface area contributed by atoms with Gasteiger partial charge in [-0.3, -0.25) is 24.0 Å². The molecular weight excluding hydrogens is 1090 g/mol. The molecule has 0 atom stereocenters. The monoisotopic (exact) mass is 1170 g/mol. The Hall–Kier alpha value is -8.22. The summed E-state index contributed by atoms with van der Waals surface area (Å²) in [5, 5.41) is 13.2. The second-order valence-electron chi connectivity index (χ2n) is 22.9. The molecule has 3 aliphatic rings. The molecular formula is C68H84N8O10. The number of anilines is 3. The number of likely N-dealkylation sites (N-methyl/N-ethyl adjacent to an activating group) is 1. The van der Waals surface area contributed by atoms with Gasteiger partial charge in [0.05, 0.1) is 32.0 Å². The molecule has 456 valence electrons. The summed E-state index contributed by atoms with van der Waals surface area (Å²) in [6.45, 7) is 7.25. The van der Waals surface area contributed by atoms with E-state index in [0.717, 1.165) is 78.5 Å². The molecule has 0 saturated heterocycles. The molecule has 5 aromatic carbocycles. The molecule has 0 bridgehead atoms. The van der Waals surface area contributed by atoms with Crippen molar-refractivity contribution in [3.8, 4) is 11.5 Å². The maximum atomic E-state index is 13.9. The van der Waals surface area contributed by atoms with Gasteiger partial charge in [-0.05, 0) is 124 Å². The summed E-state index contributed by atoms with van der Waals surface area (Å²) in [4.78, 5) is 86.0. The third-order valence-electron chi connectivity index (χ3n) is 16.7. The summed E-state index contributed by atoms with van der Waals surface area (Å²) in [7, 11) is 7.79. The number of rotatable bonds is 29. The van der Waals surface area contributed by atoms with Crippen molar-refractivity contribution < 1.29 is 47.7 Å². The van der Waals surface area contributed by atoms with Gasteiger partial charge < -0.3 is 59.5 Å². The van der Waals surface area contributed by atoms with Gasteiger partial charge in [-0.1, -0.05) is 62.9 Å². The molecule has 1 fully saturated rings. The van der Waals surface area contributed by atoms with E-state index in [9.17, 15) is 28.8 Å². The van der Waals surface area contributed by atoms with Crippen LogP contribution in [0.4, 0.5) is 17.1 Å². The third-order valence-corrected chi connectivity index (χ3v) is 16.7. The maximum Gasteiger partial charge on any atom is 0.340 e. The van der Waals surface area contributed by atoms with Crippen LogP contribution >= 0.6 is 0 Å². The lowest BCUT2D eigenvalue weighted by atomic mass is 9.77. The molecule has 1 spiro atoms. The first-order valence-corrected chi connectivity index (χ1v) is 30.6. The van der Waals surface area contributed by atoms with E-state index in [0.29, 0.717) is 104 Å². The fourth-order valence-electron chi connectivity index (χ4n) is 11.8. The summed E-state index contributed by atoms with van der Waals surface area (Å²) in [5.41, 5.74) is 6.48. The molecule has 18 heteroatoms. The number of esters is 1. The highest BCUT2D eigenvalue weighted by molar-refractivity contribution is 6.02. The minimum Gasteiger partial charge on any atom is -0.456 e. The molecule has 0 unspecified atom stereocenters. The van der Waals surface area contributed by atoms with Crippen molar-refractivity contribution in [1.82, 2.24) is 25.8 Å². The fraction of sp³-hybridized carbons (Fsp3) is 0.441. The molecule has 18 nitrogen and oxygen atoms in total. The Labute approximate surface area is 505 Å². The zero-order valence-corrected chi connectivity index (χ0v) is 50.8. The van der Waals surface area contributed by atoms with Gasteiger partial charge in [0.15, 0.2) is 5.60 Å². The van der Waals surface area contributed by atoms with E-state index in [1.807, 2.05) is 128 Å². The molecule has 0 radical (unpaired) electrons. The summed E-state index contributed by atoms with van der Waals surface area (Å²) in [6.07, 6.45) is 9.89. The van der Waals surface area contributed by atoms with Crippen LogP contribution < -0.4 is 40.7 Å². The molecule has 5 amide bonds. The van der Waals surface area contributed by atoms with Gasteiger partial charge in [0.1, 0.15) is 23.7 Å². The van der Waals surface area contributed by atoms with E-state index in [2.05, 4.69) is 40.3 Å². The third kappa shape index (κ3) is 14.7. The van der Waals surface area contributed by atoms with Crippen LogP contribution in [0, 0.1) is 5.92 Å². The Kier molecular flexibility index (Phi) is 21.2. The number of carbonyl (C=O) groups excluding carboxylic acids is 6. The van der Waals surface area contributed by atoms with Crippen molar-refractivity contribution in [3.63, 3.8) is 0 Å². The first-order valence-electron chi connectivity index (χ1n) is 30.6.